The Morgan fingerprint density at radius 1 is 1.33 bits per heavy atom. The number of anilines is 1. The quantitative estimate of drug-likeness (QED) is 0.668. The highest BCUT2D eigenvalue weighted by atomic mass is 32.1. The summed E-state index contributed by atoms with van der Waals surface area (Å²) in [7, 11) is 0. The molecular formula is C18H17N3O2S. The molecule has 0 spiro atoms. The van der Waals surface area contributed by atoms with E-state index in [0.29, 0.717) is 24.6 Å². The molecule has 0 aliphatic carbocycles. The highest BCUT2D eigenvalue weighted by molar-refractivity contribution is 7.08. The normalized spacial score (nSPS) is 10.8. The summed E-state index contributed by atoms with van der Waals surface area (Å²) in [6.45, 7) is 1.19. The Morgan fingerprint density at radius 2 is 2.25 bits per heavy atom. The van der Waals surface area contributed by atoms with Crippen LogP contribution in [-0.4, -0.2) is 22.1 Å². The van der Waals surface area contributed by atoms with Crippen LogP contribution in [0.4, 0.5) is 5.69 Å². The van der Waals surface area contributed by atoms with Crippen LogP contribution < -0.4 is 10.1 Å². The van der Waals surface area contributed by atoms with E-state index >= 15 is 0 Å². The molecule has 0 saturated heterocycles. The third-order valence-electron chi connectivity index (χ3n) is 3.28. The number of nitrogens with one attached hydrogen (secondary N) is 1. The molecular weight excluding hydrogens is 322 g/mol. The predicted octanol–water partition coefficient (Wildman–Crippen LogP) is 3.68. The van der Waals surface area contributed by atoms with Crippen molar-refractivity contribution >= 4 is 29.0 Å². The molecule has 0 bridgehead atoms. The summed E-state index contributed by atoms with van der Waals surface area (Å²) in [5.74, 6) is 0.460. The van der Waals surface area contributed by atoms with Crippen molar-refractivity contribution in [3.05, 3.63) is 71.5 Å². The topological polar surface area (TPSA) is 56.1 Å². The number of ether oxygens (including phenoxy) is 1. The molecule has 2 aromatic heterocycles. The zero-order chi connectivity index (χ0) is 16.6. The Labute approximate surface area is 144 Å². The fraction of sp³-hybridized carbons (Fsp3) is 0.111. The van der Waals surface area contributed by atoms with Gasteiger partial charge in [-0.3, -0.25) is 4.79 Å². The molecule has 3 rings (SSSR count). The molecule has 1 N–H and O–H groups in total. The molecule has 3 aromatic rings. The molecule has 0 radical (unpaired) electrons. The van der Waals surface area contributed by atoms with Crippen molar-refractivity contribution in [3.8, 4) is 5.75 Å². The lowest BCUT2D eigenvalue weighted by Gasteiger charge is -2.11. The summed E-state index contributed by atoms with van der Waals surface area (Å²) >= 11 is 1.60. The lowest BCUT2D eigenvalue weighted by molar-refractivity contribution is -0.111. The van der Waals surface area contributed by atoms with Crippen LogP contribution in [-0.2, 0) is 11.3 Å². The molecule has 0 aliphatic heterocycles. The van der Waals surface area contributed by atoms with E-state index in [2.05, 4.69) is 10.3 Å². The number of carbonyl (C=O) groups is 1. The van der Waals surface area contributed by atoms with Gasteiger partial charge >= 0.3 is 0 Å². The third kappa shape index (κ3) is 4.57. The number of thiophene rings is 1. The molecule has 0 saturated carbocycles. The number of aromatic nitrogens is 2. The van der Waals surface area contributed by atoms with Crippen LogP contribution in [0.3, 0.4) is 0 Å². The highest BCUT2D eigenvalue weighted by Crippen LogP contribution is 2.23. The maximum Gasteiger partial charge on any atom is 0.248 e. The van der Waals surface area contributed by atoms with Crippen LogP contribution in [0.5, 0.6) is 5.75 Å². The van der Waals surface area contributed by atoms with Gasteiger partial charge in [-0.1, -0.05) is 12.1 Å². The van der Waals surface area contributed by atoms with E-state index in [9.17, 15) is 4.79 Å². The Bertz CT molecular complexity index is 796. The maximum absolute atomic E-state index is 12.1. The van der Waals surface area contributed by atoms with E-state index in [1.54, 1.807) is 29.9 Å². The van der Waals surface area contributed by atoms with Crippen LogP contribution in [0, 0.1) is 0 Å². The number of benzene rings is 1. The van der Waals surface area contributed by atoms with Gasteiger partial charge in [0, 0.05) is 18.5 Å². The number of nitrogens with zero attached hydrogens (tertiary/aromatic N) is 2. The first kappa shape index (κ1) is 16.0. The zero-order valence-electron chi connectivity index (χ0n) is 13.0. The summed E-state index contributed by atoms with van der Waals surface area (Å²) in [5, 5.41) is 6.81. The van der Waals surface area contributed by atoms with Crippen molar-refractivity contribution in [3.63, 3.8) is 0 Å². The van der Waals surface area contributed by atoms with Gasteiger partial charge in [-0.25, -0.2) is 4.98 Å². The largest absolute Gasteiger partial charge is 0.490 e. The van der Waals surface area contributed by atoms with Gasteiger partial charge in [-0.15, -0.1) is 0 Å². The van der Waals surface area contributed by atoms with Gasteiger partial charge in [0.1, 0.15) is 12.4 Å². The van der Waals surface area contributed by atoms with Crippen LogP contribution >= 0.6 is 11.3 Å². The second-order valence-electron chi connectivity index (χ2n) is 5.02. The molecule has 1 amide bonds. The summed E-state index contributed by atoms with van der Waals surface area (Å²) in [6.07, 6.45) is 8.66. The molecule has 0 unspecified atom stereocenters. The predicted molar refractivity (Wildman–Crippen MR) is 96.1 cm³/mol. The van der Waals surface area contributed by atoms with Gasteiger partial charge in [0.05, 0.1) is 18.6 Å². The van der Waals surface area contributed by atoms with Crippen molar-refractivity contribution in [1.82, 2.24) is 9.55 Å². The van der Waals surface area contributed by atoms with Crippen LogP contribution in [0.1, 0.15) is 5.56 Å². The van der Waals surface area contributed by atoms with Crippen LogP contribution in [0.2, 0.25) is 0 Å². The van der Waals surface area contributed by atoms with Crippen molar-refractivity contribution in [1.29, 1.82) is 0 Å². The Balaban J connectivity index is 1.57. The number of amides is 1. The first-order valence-electron chi connectivity index (χ1n) is 7.50. The molecule has 6 heteroatoms. The molecule has 1 aromatic carbocycles. The first-order valence-corrected chi connectivity index (χ1v) is 8.44. The van der Waals surface area contributed by atoms with Crippen LogP contribution in [0.25, 0.3) is 6.08 Å². The lowest BCUT2D eigenvalue weighted by atomic mass is 10.2. The second-order valence-corrected chi connectivity index (χ2v) is 5.80. The van der Waals surface area contributed by atoms with Gasteiger partial charge in [-0.05, 0) is 40.6 Å². The first-order chi connectivity index (χ1) is 11.8. The molecule has 5 nitrogen and oxygen atoms in total. The van der Waals surface area contributed by atoms with Gasteiger partial charge in [-0.2, -0.15) is 11.3 Å². The number of imidazole rings is 1. The monoisotopic (exact) mass is 339 g/mol. The molecule has 24 heavy (non-hydrogen) atoms. The van der Waals surface area contributed by atoms with Gasteiger partial charge in [0.15, 0.2) is 0 Å². The Morgan fingerprint density at radius 3 is 3.04 bits per heavy atom. The van der Waals surface area contributed by atoms with Gasteiger partial charge in [0.25, 0.3) is 0 Å². The van der Waals surface area contributed by atoms with E-state index < -0.39 is 0 Å². The minimum Gasteiger partial charge on any atom is -0.490 e. The van der Waals surface area contributed by atoms with Gasteiger partial charge in [0.2, 0.25) is 5.91 Å². The summed E-state index contributed by atoms with van der Waals surface area (Å²) < 4.78 is 7.71. The minimum absolute atomic E-state index is 0.188. The lowest BCUT2D eigenvalue weighted by Crippen LogP contribution is -2.11. The van der Waals surface area contributed by atoms with Crippen molar-refractivity contribution < 1.29 is 9.53 Å². The number of carbonyl (C=O) groups excluding carboxylic acids is 1. The Kier molecular flexibility index (Phi) is 5.42. The Hall–Kier alpha value is -2.86. The second kappa shape index (κ2) is 8.12. The molecule has 0 atom stereocenters. The summed E-state index contributed by atoms with van der Waals surface area (Å²) in [4.78, 5) is 16.0. The van der Waals surface area contributed by atoms with E-state index in [1.165, 1.54) is 6.08 Å². The third-order valence-corrected chi connectivity index (χ3v) is 3.98. The van der Waals surface area contributed by atoms with E-state index in [-0.39, 0.29) is 5.91 Å². The van der Waals surface area contributed by atoms with Crippen molar-refractivity contribution in [2.75, 3.05) is 11.9 Å². The number of rotatable bonds is 7. The minimum atomic E-state index is -0.188. The molecule has 122 valence electrons. The maximum atomic E-state index is 12.1. The van der Waals surface area contributed by atoms with Crippen molar-refractivity contribution in [2.45, 2.75) is 6.54 Å². The number of para-hydroxylation sites is 2. The van der Waals surface area contributed by atoms with E-state index in [1.807, 2.05) is 51.9 Å². The molecule has 0 aliphatic rings. The van der Waals surface area contributed by atoms with Gasteiger partial charge < -0.3 is 14.6 Å². The van der Waals surface area contributed by atoms with E-state index in [4.69, 9.17) is 4.74 Å². The van der Waals surface area contributed by atoms with Crippen molar-refractivity contribution in [2.24, 2.45) is 0 Å². The average molecular weight is 339 g/mol. The fourth-order valence-corrected chi connectivity index (χ4v) is 2.72. The fourth-order valence-electron chi connectivity index (χ4n) is 2.09. The SMILES string of the molecule is O=C(/C=C\c1ccsc1)Nc1ccccc1OCCn1ccnc1. The standard InChI is InChI=1S/C18H17N3O2S/c22-18(6-5-15-7-12-24-13-15)20-16-3-1-2-4-17(16)23-11-10-21-9-8-19-14-21/h1-9,12-14H,10-11H2,(H,20,22)/b6-5-. The number of hydrogen-bond acceptors (Lipinski definition) is 4. The summed E-state index contributed by atoms with van der Waals surface area (Å²) in [6, 6.07) is 9.36. The smallest absolute Gasteiger partial charge is 0.248 e. The highest BCUT2D eigenvalue weighted by Gasteiger charge is 2.05. The number of hydrogen-bond donors (Lipinski definition) is 1. The summed E-state index contributed by atoms with van der Waals surface area (Å²) in [5.41, 5.74) is 1.67. The van der Waals surface area contributed by atoms with Crippen LogP contribution in [0.15, 0.2) is 65.9 Å². The van der Waals surface area contributed by atoms with E-state index in [0.717, 1.165) is 5.56 Å². The molecule has 0 fully saturated rings. The average Bonchev–Trinajstić information content (AvgIpc) is 3.28. The zero-order valence-corrected chi connectivity index (χ0v) is 13.8. The molecule has 2 heterocycles.